The van der Waals surface area contributed by atoms with Crippen LogP contribution in [0.3, 0.4) is 0 Å². The summed E-state index contributed by atoms with van der Waals surface area (Å²) >= 11 is 1.57. The van der Waals surface area contributed by atoms with Crippen molar-refractivity contribution >= 4 is 17.4 Å². The van der Waals surface area contributed by atoms with Crippen LogP contribution in [0.15, 0.2) is 53.4 Å². The van der Waals surface area contributed by atoms with Gasteiger partial charge in [0.05, 0.1) is 4.92 Å². The molecule has 0 spiro atoms. The average Bonchev–Trinajstić information content (AvgIpc) is 2.39. The molecule has 2 aromatic rings. The molecule has 0 radical (unpaired) electrons. The molecule has 0 atom stereocenters. The van der Waals surface area contributed by atoms with Gasteiger partial charge in [0.25, 0.3) is 5.69 Å². The van der Waals surface area contributed by atoms with E-state index in [0.717, 1.165) is 16.2 Å². The fraction of sp³-hybridized carbons (Fsp3) is 0.143. The zero-order chi connectivity index (χ0) is 13.7. The molecule has 0 aliphatic heterocycles. The summed E-state index contributed by atoms with van der Waals surface area (Å²) in [5, 5.41) is 20.2. The number of thioether (sulfide) groups is 1. The molecule has 0 saturated heterocycles. The number of nitro groups is 1. The summed E-state index contributed by atoms with van der Waals surface area (Å²) in [6.07, 6.45) is 0.622. The molecule has 0 bridgehead atoms. The van der Waals surface area contributed by atoms with E-state index in [1.54, 1.807) is 48.2 Å². The number of nitro benzene ring substituents is 1. The van der Waals surface area contributed by atoms with Crippen molar-refractivity contribution in [3.63, 3.8) is 0 Å². The third-order valence-electron chi connectivity index (χ3n) is 2.65. The van der Waals surface area contributed by atoms with Crippen molar-refractivity contribution in [1.82, 2.24) is 0 Å². The zero-order valence-corrected chi connectivity index (χ0v) is 11.0. The van der Waals surface area contributed by atoms with Crippen molar-refractivity contribution in [2.75, 3.05) is 5.75 Å². The number of aryl methyl sites for hydroxylation is 1. The highest BCUT2D eigenvalue weighted by atomic mass is 32.2. The van der Waals surface area contributed by atoms with Crippen molar-refractivity contribution < 1.29 is 10.0 Å². The van der Waals surface area contributed by atoms with E-state index >= 15 is 0 Å². The number of phenols is 1. The molecule has 19 heavy (non-hydrogen) atoms. The predicted molar refractivity (Wildman–Crippen MR) is 75.6 cm³/mol. The fourth-order valence-corrected chi connectivity index (χ4v) is 2.69. The van der Waals surface area contributed by atoms with E-state index in [1.807, 2.05) is 6.07 Å². The number of phenolic OH excluding ortho intramolecular Hbond substituents is 1. The van der Waals surface area contributed by atoms with Crippen molar-refractivity contribution in [2.45, 2.75) is 11.3 Å². The molecule has 1 N–H and O–H groups in total. The molecule has 0 aliphatic carbocycles. The molecule has 5 heteroatoms. The molecule has 0 aliphatic rings. The monoisotopic (exact) mass is 275 g/mol. The maximum Gasteiger partial charge on any atom is 0.272 e. The van der Waals surface area contributed by atoms with Gasteiger partial charge < -0.3 is 5.11 Å². The fourth-order valence-electron chi connectivity index (χ4n) is 1.75. The smallest absolute Gasteiger partial charge is 0.272 e. The molecule has 2 rings (SSSR count). The van der Waals surface area contributed by atoms with Crippen molar-refractivity contribution in [2.24, 2.45) is 0 Å². The van der Waals surface area contributed by atoms with E-state index in [4.69, 9.17) is 0 Å². The van der Waals surface area contributed by atoms with Gasteiger partial charge in [-0.1, -0.05) is 24.3 Å². The number of aromatic hydroxyl groups is 1. The SMILES string of the molecule is O=[N+]([O-])c1ccccc1CCSc1cccc(O)c1. The van der Waals surface area contributed by atoms with Crippen LogP contribution < -0.4 is 0 Å². The molecule has 0 saturated carbocycles. The van der Waals surface area contributed by atoms with Crippen LogP contribution in [-0.4, -0.2) is 15.8 Å². The third kappa shape index (κ3) is 3.72. The Hall–Kier alpha value is -2.01. The van der Waals surface area contributed by atoms with E-state index < -0.39 is 0 Å². The second kappa shape index (κ2) is 6.24. The van der Waals surface area contributed by atoms with Crippen molar-refractivity contribution in [3.05, 3.63) is 64.2 Å². The lowest BCUT2D eigenvalue weighted by Crippen LogP contribution is -1.96. The highest BCUT2D eigenvalue weighted by molar-refractivity contribution is 7.99. The number of benzene rings is 2. The van der Waals surface area contributed by atoms with E-state index in [2.05, 4.69) is 0 Å². The molecule has 98 valence electrons. The Morgan fingerprint density at radius 1 is 1.16 bits per heavy atom. The minimum Gasteiger partial charge on any atom is -0.508 e. The first-order chi connectivity index (χ1) is 9.16. The molecule has 4 nitrogen and oxygen atoms in total. The van der Waals surface area contributed by atoms with Gasteiger partial charge in [0.1, 0.15) is 5.75 Å². The molecule has 0 unspecified atom stereocenters. The van der Waals surface area contributed by atoms with Gasteiger partial charge in [0.15, 0.2) is 0 Å². The van der Waals surface area contributed by atoms with Crippen LogP contribution in [0.1, 0.15) is 5.56 Å². The minimum absolute atomic E-state index is 0.166. The van der Waals surface area contributed by atoms with Gasteiger partial charge in [-0.25, -0.2) is 0 Å². The van der Waals surface area contributed by atoms with Crippen LogP contribution >= 0.6 is 11.8 Å². The maximum atomic E-state index is 10.9. The van der Waals surface area contributed by atoms with E-state index in [-0.39, 0.29) is 16.4 Å². The number of hydrogen-bond acceptors (Lipinski definition) is 4. The number of nitrogens with zero attached hydrogens (tertiary/aromatic N) is 1. The second-order valence-corrected chi connectivity index (χ2v) is 5.15. The maximum absolute atomic E-state index is 10.9. The number of rotatable bonds is 5. The Bertz CT molecular complexity index is 586. The van der Waals surface area contributed by atoms with Crippen molar-refractivity contribution in [1.29, 1.82) is 0 Å². The highest BCUT2D eigenvalue weighted by Crippen LogP contribution is 2.25. The Morgan fingerprint density at radius 3 is 2.68 bits per heavy atom. The topological polar surface area (TPSA) is 63.4 Å². The van der Waals surface area contributed by atoms with Crippen LogP contribution in [0, 0.1) is 10.1 Å². The first kappa shape index (κ1) is 13.4. The van der Waals surface area contributed by atoms with Crippen LogP contribution in [0.4, 0.5) is 5.69 Å². The van der Waals surface area contributed by atoms with Crippen LogP contribution in [0.2, 0.25) is 0 Å². The first-order valence-corrected chi connectivity index (χ1v) is 6.79. The molecule has 0 fully saturated rings. The summed E-state index contributed by atoms with van der Waals surface area (Å²) in [7, 11) is 0. The summed E-state index contributed by atoms with van der Waals surface area (Å²) in [6, 6.07) is 13.8. The van der Waals surface area contributed by atoms with Crippen LogP contribution in [0.25, 0.3) is 0 Å². The van der Waals surface area contributed by atoms with E-state index in [1.165, 1.54) is 6.07 Å². The van der Waals surface area contributed by atoms with Gasteiger partial charge >= 0.3 is 0 Å². The zero-order valence-electron chi connectivity index (χ0n) is 10.2. The normalized spacial score (nSPS) is 10.3. The third-order valence-corrected chi connectivity index (χ3v) is 3.64. The molecule has 2 aromatic carbocycles. The summed E-state index contributed by atoms with van der Waals surface area (Å²) < 4.78 is 0. The molecule has 0 heterocycles. The van der Waals surface area contributed by atoms with Crippen LogP contribution in [0.5, 0.6) is 5.75 Å². The Kier molecular flexibility index (Phi) is 4.41. The summed E-state index contributed by atoms with van der Waals surface area (Å²) in [6.45, 7) is 0. The van der Waals surface area contributed by atoms with Gasteiger partial charge in [-0.2, -0.15) is 0 Å². The highest BCUT2D eigenvalue weighted by Gasteiger charge is 2.11. The molecular weight excluding hydrogens is 262 g/mol. The Labute approximate surface area is 115 Å². The van der Waals surface area contributed by atoms with Crippen LogP contribution in [-0.2, 0) is 6.42 Å². The summed E-state index contributed by atoms with van der Waals surface area (Å²) in [4.78, 5) is 11.5. The summed E-state index contributed by atoms with van der Waals surface area (Å²) in [5.41, 5.74) is 0.902. The lowest BCUT2D eigenvalue weighted by Gasteiger charge is -2.03. The van der Waals surface area contributed by atoms with Gasteiger partial charge in [-0.3, -0.25) is 10.1 Å². The largest absolute Gasteiger partial charge is 0.508 e. The summed E-state index contributed by atoms with van der Waals surface area (Å²) in [5.74, 6) is 0.963. The predicted octanol–water partition coefficient (Wildman–Crippen LogP) is 3.64. The van der Waals surface area contributed by atoms with Gasteiger partial charge in [-0.05, 0) is 24.6 Å². The Morgan fingerprint density at radius 2 is 1.95 bits per heavy atom. The quantitative estimate of drug-likeness (QED) is 0.514. The number of hydrogen-bond donors (Lipinski definition) is 1. The first-order valence-electron chi connectivity index (χ1n) is 5.81. The van der Waals surface area contributed by atoms with Gasteiger partial charge in [0, 0.05) is 22.3 Å². The average molecular weight is 275 g/mol. The Balaban J connectivity index is 1.98. The van der Waals surface area contributed by atoms with Gasteiger partial charge in [0.2, 0.25) is 0 Å². The van der Waals surface area contributed by atoms with Crippen molar-refractivity contribution in [3.8, 4) is 5.75 Å². The van der Waals surface area contributed by atoms with Gasteiger partial charge in [-0.15, -0.1) is 11.8 Å². The standard InChI is InChI=1S/C14H13NO3S/c16-12-5-3-6-13(10-12)19-9-8-11-4-1-2-7-14(11)15(17)18/h1-7,10,16H,8-9H2. The lowest BCUT2D eigenvalue weighted by atomic mass is 10.1. The number of para-hydroxylation sites is 1. The van der Waals surface area contributed by atoms with E-state index in [0.29, 0.717) is 6.42 Å². The molecular formula is C14H13NO3S. The lowest BCUT2D eigenvalue weighted by molar-refractivity contribution is -0.385. The van der Waals surface area contributed by atoms with E-state index in [9.17, 15) is 15.2 Å². The molecule has 0 amide bonds. The second-order valence-electron chi connectivity index (χ2n) is 3.98. The molecule has 0 aromatic heterocycles. The minimum atomic E-state index is -0.353.